The van der Waals surface area contributed by atoms with E-state index in [0.717, 1.165) is 0 Å². The molecule has 43 heavy (non-hydrogen) atoms. The molecule has 0 radical (unpaired) electrons. The van der Waals surface area contributed by atoms with Gasteiger partial charge in [0.2, 0.25) is 5.91 Å². The van der Waals surface area contributed by atoms with Crippen molar-refractivity contribution in [2.75, 3.05) is 19.6 Å². The van der Waals surface area contributed by atoms with Gasteiger partial charge in [0, 0.05) is 30.2 Å². The number of nitrogens with zero attached hydrogens (tertiary/aromatic N) is 2. The fourth-order valence-electron chi connectivity index (χ4n) is 4.63. The van der Waals surface area contributed by atoms with Crippen LogP contribution in [0.4, 0.5) is 9.18 Å². The summed E-state index contributed by atoms with van der Waals surface area (Å²) in [6, 6.07) is 2.11. The first kappa shape index (κ1) is 31.9. The first-order valence-corrected chi connectivity index (χ1v) is 14.6. The summed E-state index contributed by atoms with van der Waals surface area (Å²) in [6.07, 6.45) is -0.144. The molecule has 1 saturated heterocycles. The first-order valence-electron chi connectivity index (χ1n) is 12.6. The minimum Gasteiger partial charge on any atom is -0.534 e. The van der Waals surface area contributed by atoms with Gasteiger partial charge < -0.3 is 40.1 Å². The molecule has 4 rings (SSSR count). The second-order valence-corrected chi connectivity index (χ2v) is 11.5. The van der Waals surface area contributed by atoms with Crippen molar-refractivity contribution in [1.82, 2.24) is 20.4 Å². The van der Waals surface area contributed by atoms with Crippen molar-refractivity contribution in [1.29, 1.82) is 0 Å². The van der Waals surface area contributed by atoms with Gasteiger partial charge in [0.05, 0.1) is 11.5 Å². The maximum absolute atomic E-state index is 14.8. The Morgan fingerprint density at radius 2 is 1.91 bits per heavy atom. The Bertz CT molecular complexity index is 1570. The molecule has 2 aromatic rings. The summed E-state index contributed by atoms with van der Waals surface area (Å²) < 4.78 is 31.8. The molecule has 0 bridgehead atoms. The molecule has 2 atom stereocenters. The second kappa shape index (κ2) is 12.3. The number of carbonyl (C=O) groups excluding carboxylic acids is 4. The molecule has 5 amide bonds. The maximum Gasteiger partial charge on any atom is 0.547 e. The van der Waals surface area contributed by atoms with Crippen LogP contribution in [0.1, 0.15) is 34.5 Å². The number of carboxylic acids is 1. The standard InChI is InChI=1S/C24H24BClFN4O11P/c1-2-30-6-7-31(22(34)21(30)33)24(37)29-18(13-9-15(27)16(10-14(13)26)43(39,40)41)20(32)28-17-8-11-4-3-5-12(23(35)36)19(11)42-25(17)38/h3-5,9-10,17-18,38H,2,6-8H2,1H3,(H,28,32)(H,29,37)(H,35,36)(H2,39,40,41)/t17-,18+/m0/s1. The quantitative estimate of drug-likeness (QED) is 0.129. The number of imide groups is 1. The number of rotatable bonds is 7. The molecule has 2 aromatic carbocycles. The highest BCUT2D eigenvalue weighted by Crippen LogP contribution is 2.37. The van der Waals surface area contributed by atoms with E-state index in [-0.39, 0.29) is 37.4 Å². The molecule has 228 valence electrons. The summed E-state index contributed by atoms with van der Waals surface area (Å²) in [4.78, 5) is 83.7. The van der Waals surface area contributed by atoms with Crippen molar-refractivity contribution in [2.45, 2.75) is 25.3 Å². The number of aromatic carboxylic acids is 1. The number of urea groups is 1. The monoisotopic (exact) mass is 640 g/mol. The van der Waals surface area contributed by atoms with Crippen molar-refractivity contribution < 1.29 is 57.5 Å². The van der Waals surface area contributed by atoms with Gasteiger partial charge in [0.15, 0.2) is 0 Å². The van der Waals surface area contributed by atoms with Crippen molar-refractivity contribution in [3.05, 3.63) is 57.9 Å². The molecule has 6 N–H and O–H groups in total. The highest BCUT2D eigenvalue weighted by Gasteiger charge is 2.41. The van der Waals surface area contributed by atoms with Crippen LogP contribution in [0.3, 0.4) is 0 Å². The molecule has 1 fully saturated rings. The molecule has 0 aromatic heterocycles. The molecule has 2 aliphatic rings. The van der Waals surface area contributed by atoms with Crippen LogP contribution in [-0.2, 0) is 25.4 Å². The number of carbonyl (C=O) groups is 5. The van der Waals surface area contributed by atoms with E-state index in [1.54, 1.807) is 6.92 Å². The van der Waals surface area contributed by atoms with Gasteiger partial charge in [-0.05, 0) is 37.1 Å². The van der Waals surface area contributed by atoms with Crippen LogP contribution in [0.5, 0.6) is 5.75 Å². The van der Waals surface area contributed by atoms with E-state index in [1.165, 1.54) is 23.1 Å². The number of amides is 5. The van der Waals surface area contributed by atoms with Crippen molar-refractivity contribution in [3.63, 3.8) is 0 Å². The fraction of sp³-hybridized carbons (Fsp3) is 0.292. The van der Waals surface area contributed by atoms with Crippen LogP contribution in [-0.4, -0.2) is 92.1 Å². The number of nitrogens with one attached hydrogen (secondary N) is 2. The van der Waals surface area contributed by atoms with Crippen LogP contribution in [0.25, 0.3) is 0 Å². The minimum absolute atomic E-state index is 0.00106. The number of fused-ring (bicyclic) bond motifs is 1. The molecule has 15 nitrogen and oxygen atoms in total. The Balaban J connectivity index is 1.66. The number of benzene rings is 2. The number of hydrogen-bond donors (Lipinski definition) is 6. The highest BCUT2D eigenvalue weighted by atomic mass is 35.5. The van der Waals surface area contributed by atoms with E-state index in [4.69, 9.17) is 16.3 Å². The lowest BCUT2D eigenvalue weighted by molar-refractivity contribution is -0.153. The first-order chi connectivity index (χ1) is 20.1. The summed E-state index contributed by atoms with van der Waals surface area (Å²) in [7, 11) is -6.92. The Hall–Kier alpha value is -4.02. The van der Waals surface area contributed by atoms with Gasteiger partial charge in [-0.3, -0.25) is 23.8 Å². The molecule has 0 spiro atoms. The molecule has 2 heterocycles. The smallest absolute Gasteiger partial charge is 0.534 e. The van der Waals surface area contributed by atoms with Gasteiger partial charge in [-0.25, -0.2) is 14.0 Å². The summed E-state index contributed by atoms with van der Waals surface area (Å²) in [5.41, 5.74) is -0.404. The Labute approximate surface area is 247 Å². The lowest BCUT2D eigenvalue weighted by Crippen LogP contribution is -2.60. The molecule has 0 unspecified atom stereocenters. The van der Waals surface area contributed by atoms with Crippen LogP contribution in [0.15, 0.2) is 30.3 Å². The van der Waals surface area contributed by atoms with Crippen molar-refractivity contribution >= 4 is 61.3 Å². The number of para-hydroxylation sites is 1. The van der Waals surface area contributed by atoms with E-state index in [1.807, 2.05) is 0 Å². The Kier molecular flexibility index (Phi) is 9.13. The van der Waals surface area contributed by atoms with Gasteiger partial charge in [0.25, 0.3) is 0 Å². The highest BCUT2D eigenvalue weighted by molar-refractivity contribution is 7.60. The van der Waals surface area contributed by atoms with Crippen LogP contribution in [0, 0.1) is 5.82 Å². The summed E-state index contributed by atoms with van der Waals surface area (Å²) in [6.45, 7) is 1.59. The van der Waals surface area contributed by atoms with Gasteiger partial charge in [-0.15, -0.1) is 0 Å². The number of piperazine rings is 1. The van der Waals surface area contributed by atoms with Crippen molar-refractivity contribution in [2.24, 2.45) is 0 Å². The van der Waals surface area contributed by atoms with Gasteiger partial charge in [-0.1, -0.05) is 23.7 Å². The van der Waals surface area contributed by atoms with E-state index >= 15 is 0 Å². The molecule has 2 aliphatic heterocycles. The van der Waals surface area contributed by atoms with E-state index in [9.17, 15) is 52.8 Å². The second-order valence-electron chi connectivity index (χ2n) is 9.52. The zero-order valence-electron chi connectivity index (χ0n) is 22.2. The van der Waals surface area contributed by atoms with E-state index < -0.39 is 78.1 Å². The zero-order valence-corrected chi connectivity index (χ0v) is 23.8. The Morgan fingerprint density at radius 1 is 1.21 bits per heavy atom. The topological polar surface area (TPSA) is 223 Å². The van der Waals surface area contributed by atoms with Gasteiger partial charge >= 0.3 is 38.5 Å². The van der Waals surface area contributed by atoms with Gasteiger partial charge in [0.1, 0.15) is 22.9 Å². The average Bonchev–Trinajstić information content (AvgIpc) is 2.93. The molecule has 0 saturated carbocycles. The predicted molar refractivity (Wildman–Crippen MR) is 146 cm³/mol. The Morgan fingerprint density at radius 3 is 2.53 bits per heavy atom. The summed E-state index contributed by atoms with van der Waals surface area (Å²) in [5.74, 6) is -7.43. The van der Waals surface area contributed by atoms with Crippen molar-refractivity contribution in [3.8, 4) is 5.75 Å². The lowest BCUT2D eigenvalue weighted by atomic mass is 9.72. The SMILES string of the molecule is CCN1CCN(C(=O)N[C@@H](C(=O)N[C@H]2Cc3cccc(C(=O)O)c3OB2O)c2cc(F)c(P(=O)(O)O)cc2Cl)C(=O)C1=O. The molecular formula is C24H24BClFN4O11P. The number of carboxylic acid groups (broad SMARTS) is 1. The van der Waals surface area contributed by atoms with Crippen LogP contribution >= 0.6 is 19.2 Å². The average molecular weight is 641 g/mol. The van der Waals surface area contributed by atoms with Crippen LogP contribution in [0.2, 0.25) is 5.02 Å². The van der Waals surface area contributed by atoms with E-state index in [0.29, 0.717) is 22.6 Å². The number of halogens is 2. The molecular weight excluding hydrogens is 617 g/mol. The zero-order chi connectivity index (χ0) is 31.8. The molecule has 19 heteroatoms. The third-order valence-electron chi connectivity index (χ3n) is 6.83. The normalized spacial score (nSPS) is 17.6. The number of hydrogen-bond acceptors (Lipinski definition) is 8. The van der Waals surface area contributed by atoms with E-state index in [2.05, 4.69) is 10.6 Å². The summed E-state index contributed by atoms with van der Waals surface area (Å²) >= 11 is 6.18. The third-order valence-corrected chi connectivity index (χ3v) is 8.13. The number of likely N-dealkylation sites (N-methyl/N-ethyl adjacent to an activating group) is 1. The largest absolute Gasteiger partial charge is 0.547 e. The predicted octanol–water partition coefficient (Wildman–Crippen LogP) is -0.439. The minimum atomic E-state index is -5.14. The maximum atomic E-state index is 14.8. The lowest BCUT2D eigenvalue weighted by Gasteiger charge is -2.33. The molecule has 0 aliphatic carbocycles. The third kappa shape index (κ3) is 6.50. The van der Waals surface area contributed by atoms with Gasteiger partial charge in [-0.2, -0.15) is 0 Å². The fourth-order valence-corrected chi connectivity index (χ4v) is 5.62. The summed E-state index contributed by atoms with van der Waals surface area (Å²) in [5, 5.41) is 22.9. The van der Waals surface area contributed by atoms with Crippen LogP contribution < -0.4 is 20.6 Å².